The Morgan fingerprint density at radius 3 is 2.81 bits per heavy atom. The first-order valence-corrected chi connectivity index (χ1v) is 9.11. The normalized spacial score (nSPS) is 14.6. The zero-order valence-corrected chi connectivity index (χ0v) is 16.1. The Morgan fingerprint density at radius 1 is 1.35 bits per heavy atom. The van der Waals surface area contributed by atoms with E-state index in [1.807, 2.05) is 0 Å². The fourth-order valence-corrected chi connectivity index (χ4v) is 2.99. The van der Waals surface area contributed by atoms with E-state index in [4.69, 9.17) is 25.5 Å². The molecule has 1 aromatic heterocycles. The van der Waals surface area contributed by atoms with Crippen molar-refractivity contribution in [2.24, 2.45) is 5.10 Å². The van der Waals surface area contributed by atoms with E-state index in [0.717, 1.165) is 23.4 Å². The molecule has 1 amide bonds. The van der Waals surface area contributed by atoms with Crippen LogP contribution in [0.4, 0.5) is 5.88 Å². The summed E-state index contributed by atoms with van der Waals surface area (Å²) in [5.74, 6) is 1.43. The predicted octanol–water partition coefficient (Wildman–Crippen LogP) is 3.06. The minimum Gasteiger partial charge on any atom is -0.484 e. The molecule has 0 aliphatic carbocycles. The van der Waals surface area contributed by atoms with Crippen LogP contribution >= 0.6 is 27.5 Å². The van der Waals surface area contributed by atoms with Crippen LogP contribution in [-0.2, 0) is 9.53 Å². The van der Waals surface area contributed by atoms with Crippen molar-refractivity contribution in [1.29, 1.82) is 0 Å². The molecule has 2 heterocycles. The Morgan fingerprint density at radius 2 is 2.08 bits per heavy atom. The molecule has 138 valence electrons. The third-order valence-corrected chi connectivity index (χ3v) is 4.37. The van der Waals surface area contributed by atoms with E-state index in [1.54, 1.807) is 30.3 Å². The molecule has 0 bridgehead atoms. The number of ether oxygens (including phenoxy) is 2. The number of amides is 1. The Hall–Kier alpha value is -2.03. The van der Waals surface area contributed by atoms with Crippen molar-refractivity contribution in [3.05, 3.63) is 45.6 Å². The number of nitrogens with one attached hydrogen (secondary N) is 1. The highest BCUT2D eigenvalue weighted by Crippen LogP contribution is 2.30. The Labute approximate surface area is 164 Å². The molecule has 0 spiro atoms. The highest BCUT2D eigenvalue weighted by Gasteiger charge is 2.18. The van der Waals surface area contributed by atoms with Gasteiger partial charge in [-0.05, 0) is 40.2 Å². The van der Waals surface area contributed by atoms with Crippen molar-refractivity contribution >= 4 is 45.5 Å². The van der Waals surface area contributed by atoms with E-state index in [-0.39, 0.29) is 12.5 Å². The second kappa shape index (κ2) is 9.07. The summed E-state index contributed by atoms with van der Waals surface area (Å²) in [7, 11) is 0. The van der Waals surface area contributed by atoms with E-state index in [9.17, 15) is 4.79 Å². The van der Waals surface area contributed by atoms with E-state index < -0.39 is 0 Å². The van der Waals surface area contributed by atoms with Gasteiger partial charge in [-0.25, -0.2) is 5.43 Å². The van der Waals surface area contributed by atoms with Crippen molar-refractivity contribution in [2.75, 3.05) is 37.8 Å². The second-order valence-corrected chi connectivity index (χ2v) is 6.73. The summed E-state index contributed by atoms with van der Waals surface area (Å²) in [6.45, 7) is 2.71. The summed E-state index contributed by atoms with van der Waals surface area (Å²) < 4.78 is 17.3. The molecule has 0 unspecified atom stereocenters. The lowest BCUT2D eigenvalue weighted by Crippen LogP contribution is -2.36. The minimum absolute atomic E-state index is 0.153. The summed E-state index contributed by atoms with van der Waals surface area (Å²) in [5, 5.41) is 4.49. The van der Waals surface area contributed by atoms with Crippen molar-refractivity contribution in [2.45, 2.75) is 0 Å². The van der Waals surface area contributed by atoms with Gasteiger partial charge in [0, 0.05) is 24.2 Å². The van der Waals surface area contributed by atoms with Gasteiger partial charge in [0.1, 0.15) is 5.75 Å². The van der Waals surface area contributed by atoms with Gasteiger partial charge in [-0.1, -0.05) is 11.6 Å². The fourth-order valence-electron chi connectivity index (χ4n) is 2.30. The van der Waals surface area contributed by atoms with Crippen LogP contribution in [0.5, 0.6) is 5.75 Å². The highest BCUT2D eigenvalue weighted by atomic mass is 79.9. The van der Waals surface area contributed by atoms with Crippen LogP contribution in [0.1, 0.15) is 5.76 Å². The van der Waals surface area contributed by atoms with E-state index in [2.05, 4.69) is 31.4 Å². The SMILES string of the molecule is O=C(COc1ccc(Cl)cc1)N/N=C\c1cc(Br)c(N2CCOCC2)o1. The van der Waals surface area contributed by atoms with Gasteiger partial charge in [-0.3, -0.25) is 4.79 Å². The van der Waals surface area contributed by atoms with Gasteiger partial charge in [0.15, 0.2) is 12.4 Å². The summed E-state index contributed by atoms with van der Waals surface area (Å²) in [6.07, 6.45) is 1.44. The molecular weight excluding hydrogens is 426 g/mol. The van der Waals surface area contributed by atoms with Gasteiger partial charge in [0.05, 0.1) is 23.9 Å². The van der Waals surface area contributed by atoms with Gasteiger partial charge < -0.3 is 18.8 Å². The lowest BCUT2D eigenvalue weighted by molar-refractivity contribution is -0.123. The second-order valence-electron chi connectivity index (χ2n) is 5.44. The molecule has 3 rings (SSSR count). The van der Waals surface area contributed by atoms with Gasteiger partial charge in [0.2, 0.25) is 5.88 Å². The molecule has 1 N–H and O–H groups in total. The minimum atomic E-state index is -0.379. The van der Waals surface area contributed by atoms with Crippen LogP contribution in [0, 0.1) is 0 Å². The van der Waals surface area contributed by atoms with Crippen molar-refractivity contribution in [3.8, 4) is 5.75 Å². The van der Waals surface area contributed by atoms with Crippen LogP contribution in [-0.4, -0.2) is 45.0 Å². The fraction of sp³-hybridized carbons (Fsp3) is 0.294. The van der Waals surface area contributed by atoms with Crippen molar-refractivity contribution in [1.82, 2.24) is 5.43 Å². The zero-order chi connectivity index (χ0) is 18.4. The molecule has 1 aliphatic heterocycles. The maximum Gasteiger partial charge on any atom is 0.277 e. The molecule has 1 aliphatic rings. The quantitative estimate of drug-likeness (QED) is 0.550. The number of anilines is 1. The van der Waals surface area contributed by atoms with Gasteiger partial charge >= 0.3 is 0 Å². The van der Waals surface area contributed by atoms with Crippen LogP contribution < -0.4 is 15.1 Å². The maximum atomic E-state index is 11.8. The summed E-state index contributed by atoms with van der Waals surface area (Å²) >= 11 is 9.26. The number of rotatable bonds is 6. The first-order valence-electron chi connectivity index (χ1n) is 7.94. The standard InChI is InChI=1S/C17H17BrClN3O4/c18-15-9-14(26-17(15)22-5-7-24-8-6-22)10-20-21-16(23)11-25-13-3-1-12(19)2-4-13/h1-4,9-10H,5-8,11H2,(H,21,23)/b20-10-. The maximum absolute atomic E-state index is 11.8. The summed E-state index contributed by atoms with van der Waals surface area (Å²) in [4.78, 5) is 13.8. The molecule has 0 radical (unpaired) electrons. The Kier molecular flexibility index (Phi) is 6.54. The number of nitrogens with zero attached hydrogens (tertiary/aromatic N) is 2. The van der Waals surface area contributed by atoms with E-state index >= 15 is 0 Å². The number of hydrogen-bond donors (Lipinski definition) is 1. The summed E-state index contributed by atoms with van der Waals surface area (Å²) in [6, 6.07) is 8.55. The third kappa shape index (κ3) is 5.23. The highest BCUT2D eigenvalue weighted by molar-refractivity contribution is 9.10. The number of carbonyl (C=O) groups is 1. The average molecular weight is 443 g/mol. The topological polar surface area (TPSA) is 76.3 Å². The molecule has 7 nitrogen and oxygen atoms in total. The van der Waals surface area contributed by atoms with Gasteiger partial charge in [0.25, 0.3) is 5.91 Å². The molecule has 1 saturated heterocycles. The monoisotopic (exact) mass is 441 g/mol. The van der Waals surface area contributed by atoms with Crippen LogP contribution in [0.2, 0.25) is 5.02 Å². The molecule has 0 saturated carbocycles. The first-order chi connectivity index (χ1) is 12.6. The largest absolute Gasteiger partial charge is 0.484 e. The molecule has 1 aromatic carbocycles. The number of halogens is 2. The Balaban J connectivity index is 1.48. The van der Waals surface area contributed by atoms with Crippen molar-refractivity contribution < 1.29 is 18.7 Å². The van der Waals surface area contributed by atoms with E-state index in [1.165, 1.54) is 6.21 Å². The summed E-state index contributed by atoms with van der Waals surface area (Å²) in [5.41, 5.74) is 2.39. The lowest BCUT2D eigenvalue weighted by atomic mass is 10.3. The van der Waals surface area contributed by atoms with Crippen molar-refractivity contribution in [3.63, 3.8) is 0 Å². The van der Waals surface area contributed by atoms with E-state index in [0.29, 0.717) is 29.7 Å². The number of morpholine rings is 1. The number of hydrazone groups is 1. The van der Waals surface area contributed by atoms with Gasteiger partial charge in [-0.15, -0.1) is 0 Å². The van der Waals surface area contributed by atoms with Crippen LogP contribution in [0.25, 0.3) is 0 Å². The predicted molar refractivity (Wildman–Crippen MR) is 102 cm³/mol. The molecule has 9 heteroatoms. The molecular formula is C17H17BrClN3O4. The number of benzene rings is 1. The third-order valence-electron chi connectivity index (χ3n) is 3.55. The number of carbonyl (C=O) groups excluding carboxylic acids is 1. The average Bonchev–Trinajstić information content (AvgIpc) is 3.02. The molecule has 0 atom stereocenters. The first kappa shape index (κ1) is 18.8. The molecule has 2 aromatic rings. The van der Waals surface area contributed by atoms with Gasteiger partial charge in [-0.2, -0.15) is 5.10 Å². The number of furan rings is 1. The van der Waals surface area contributed by atoms with Crippen LogP contribution in [0.15, 0.2) is 44.3 Å². The molecule has 26 heavy (non-hydrogen) atoms. The Bertz CT molecular complexity index is 773. The number of hydrogen-bond acceptors (Lipinski definition) is 6. The zero-order valence-electron chi connectivity index (χ0n) is 13.8. The molecule has 1 fully saturated rings. The van der Waals surface area contributed by atoms with Crippen LogP contribution in [0.3, 0.4) is 0 Å². The lowest BCUT2D eigenvalue weighted by Gasteiger charge is -2.26. The smallest absolute Gasteiger partial charge is 0.277 e.